The summed E-state index contributed by atoms with van der Waals surface area (Å²) in [7, 11) is 0. The van der Waals surface area contributed by atoms with Crippen LogP contribution in [0.3, 0.4) is 0 Å². The predicted molar refractivity (Wildman–Crippen MR) is 78.7 cm³/mol. The maximum absolute atomic E-state index is 11.9. The summed E-state index contributed by atoms with van der Waals surface area (Å²) in [5.41, 5.74) is 5.83. The normalized spacial score (nSPS) is 28.5. The summed E-state index contributed by atoms with van der Waals surface area (Å²) in [4.78, 5) is 11.9. The lowest BCUT2D eigenvalue weighted by Crippen LogP contribution is -2.36. The molecule has 0 aromatic rings. The van der Waals surface area contributed by atoms with Gasteiger partial charge >= 0.3 is 0 Å². The lowest BCUT2D eigenvalue weighted by atomic mass is 9.79. The van der Waals surface area contributed by atoms with Gasteiger partial charge in [0.05, 0.1) is 0 Å². The van der Waals surface area contributed by atoms with Gasteiger partial charge in [-0.15, -0.1) is 0 Å². The molecule has 3 heteroatoms. The van der Waals surface area contributed by atoms with E-state index in [0.717, 1.165) is 31.8 Å². The molecule has 19 heavy (non-hydrogen) atoms. The van der Waals surface area contributed by atoms with E-state index in [9.17, 15) is 4.79 Å². The smallest absolute Gasteiger partial charge is 0.220 e. The summed E-state index contributed by atoms with van der Waals surface area (Å²) in [6.07, 6.45) is 12.3. The SMILES string of the molecule is NCC1CCCCC1CNC(=O)CCC1CCCC1. The molecule has 0 aromatic carbocycles. The number of amides is 1. The second kappa shape index (κ2) is 7.88. The molecular weight excluding hydrogens is 236 g/mol. The third-order valence-corrected chi connectivity index (χ3v) is 5.19. The van der Waals surface area contributed by atoms with Gasteiger partial charge in [0, 0.05) is 13.0 Å². The molecule has 2 rings (SSSR count). The molecule has 0 radical (unpaired) electrons. The maximum atomic E-state index is 11.9. The van der Waals surface area contributed by atoms with Gasteiger partial charge in [-0.05, 0) is 43.6 Å². The number of carbonyl (C=O) groups is 1. The van der Waals surface area contributed by atoms with E-state index in [1.165, 1.54) is 51.4 Å². The highest BCUT2D eigenvalue weighted by Crippen LogP contribution is 2.29. The van der Waals surface area contributed by atoms with Crippen LogP contribution in [0.25, 0.3) is 0 Å². The van der Waals surface area contributed by atoms with E-state index in [0.29, 0.717) is 11.8 Å². The Morgan fingerprint density at radius 3 is 2.32 bits per heavy atom. The molecule has 2 unspecified atom stereocenters. The fraction of sp³-hybridized carbons (Fsp3) is 0.938. The zero-order valence-electron chi connectivity index (χ0n) is 12.2. The lowest BCUT2D eigenvalue weighted by Gasteiger charge is -2.30. The number of nitrogens with one attached hydrogen (secondary N) is 1. The Morgan fingerprint density at radius 1 is 1.00 bits per heavy atom. The van der Waals surface area contributed by atoms with Crippen LogP contribution in [0.2, 0.25) is 0 Å². The molecule has 0 aromatic heterocycles. The van der Waals surface area contributed by atoms with Gasteiger partial charge < -0.3 is 11.1 Å². The number of hydrogen-bond acceptors (Lipinski definition) is 2. The minimum absolute atomic E-state index is 0.258. The molecule has 3 nitrogen and oxygen atoms in total. The van der Waals surface area contributed by atoms with Crippen molar-refractivity contribution in [2.45, 2.75) is 64.2 Å². The van der Waals surface area contributed by atoms with Crippen LogP contribution >= 0.6 is 0 Å². The first kappa shape index (κ1) is 14.8. The molecular formula is C16H30N2O. The van der Waals surface area contributed by atoms with E-state index < -0.39 is 0 Å². The van der Waals surface area contributed by atoms with Crippen molar-refractivity contribution in [3.63, 3.8) is 0 Å². The third kappa shape index (κ3) is 4.79. The standard InChI is InChI=1S/C16H30N2O/c17-11-14-7-3-4-8-15(14)12-18-16(19)10-9-13-5-1-2-6-13/h13-15H,1-12,17H2,(H,18,19). The molecule has 0 bridgehead atoms. The highest BCUT2D eigenvalue weighted by molar-refractivity contribution is 5.75. The number of carbonyl (C=O) groups excluding carboxylic acids is 1. The van der Waals surface area contributed by atoms with Gasteiger partial charge in [0.2, 0.25) is 5.91 Å². The molecule has 2 fully saturated rings. The molecule has 3 N–H and O–H groups in total. The largest absolute Gasteiger partial charge is 0.356 e. The first-order chi connectivity index (χ1) is 9.29. The predicted octanol–water partition coefficient (Wildman–Crippen LogP) is 2.84. The summed E-state index contributed by atoms with van der Waals surface area (Å²) in [6.45, 7) is 1.63. The van der Waals surface area contributed by atoms with Crippen LogP contribution in [-0.4, -0.2) is 19.0 Å². The van der Waals surface area contributed by atoms with Crippen molar-refractivity contribution in [2.75, 3.05) is 13.1 Å². The second-order valence-corrected chi connectivity index (χ2v) is 6.53. The fourth-order valence-corrected chi connectivity index (χ4v) is 3.83. The van der Waals surface area contributed by atoms with Crippen LogP contribution in [0.15, 0.2) is 0 Å². The van der Waals surface area contributed by atoms with E-state index in [-0.39, 0.29) is 5.91 Å². The molecule has 0 aliphatic heterocycles. The zero-order chi connectivity index (χ0) is 13.5. The average molecular weight is 266 g/mol. The first-order valence-electron chi connectivity index (χ1n) is 8.26. The Kier molecular flexibility index (Phi) is 6.15. The van der Waals surface area contributed by atoms with Crippen LogP contribution < -0.4 is 11.1 Å². The Balaban J connectivity index is 1.61. The quantitative estimate of drug-likeness (QED) is 0.776. The number of hydrogen-bond donors (Lipinski definition) is 2. The summed E-state index contributed by atoms with van der Waals surface area (Å²) < 4.78 is 0. The molecule has 110 valence electrons. The maximum Gasteiger partial charge on any atom is 0.220 e. The van der Waals surface area contributed by atoms with Gasteiger partial charge in [0.1, 0.15) is 0 Å². The van der Waals surface area contributed by atoms with Gasteiger partial charge in [-0.25, -0.2) is 0 Å². The summed E-state index contributed by atoms with van der Waals surface area (Å²) in [5.74, 6) is 2.32. The highest BCUT2D eigenvalue weighted by atomic mass is 16.1. The highest BCUT2D eigenvalue weighted by Gasteiger charge is 2.24. The molecule has 2 saturated carbocycles. The lowest BCUT2D eigenvalue weighted by molar-refractivity contribution is -0.121. The van der Waals surface area contributed by atoms with E-state index >= 15 is 0 Å². The van der Waals surface area contributed by atoms with Gasteiger partial charge in [-0.3, -0.25) is 4.79 Å². The van der Waals surface area contributed by atoms with Crippen molar-refractivity contribution in [1.29, 1.82) is 0 Å². The van der Waals surface area contributed by atoms with Crippen molar-refractivity contribution in [3.05, 3.63) is 0 Å². The minimum Gasteiger partial charge on any atom is -0.356 e. The first-order valence-corrected chi connectivity index (χ1v) is 8.26. The molecule has 0 spiro atoms. The Morgan fingerprint density at radius 2 is 1.63 bits per heavy atom. The number of rotatable bonds is 6. The average Bonchev–Trinajstić information content (AvgIpc) is 2.96. The zero-order valence-corrected chi connectivity index (χ0v) is 12.2. The van der Waals surface area contributed by atoms with E-state index in [2.05, 4.69) is 5.32 Å². The van der Waals surface area contributed by atoms with Gasteiger partial charge in [-0.1, -0.05) is 38.5 Å². The van der Waals surface area contributed by atoms with E-state index in [1.807, 2.05) is 0 Å². The number of nitrogens with two attached hydrogens (primary N) is 1. The van der Waals surface area contributed by atoms with Crippen LogP contribution in [-0.2, 0) is 4.79 Å². The topological polar surface area (TPSA) is 55.1 Å². The fourth-order valence-electron chi connectivity index (χ4n) is 3.83. The van der Waals surface area contributed by atoms with E-state index in [4.69, 9.17) is 5.73 Å². The van der Waals surface area contributed by atoms with Crippen molar-refractivity contribution >= 4 is 5.91 Å². The van der Waals surface area contributed by atoms with Gasteiger partial charge in [-0.2, -0.15) is 0 Å². The van der Waals surface area contributed by atoms with Gasteiger partial charge in [0.25, 0.3) is 0 Å². The second-order valence-electron chi connectivity index (χ2n) is 6.53. The molecule has 0 saturated heterocycles. The minimum atomic E-state index is 0.258. The molecule has 2 aliphatic rings. The third-order valence-electron chi connectivity index (χ3n) is 5.19. The molecule has 2 atom stereocenters. The van der Waals surface area contributed by atoms with Crippen molar-refractivity contribution < 1.29 is 4.79 Å². The van der Waals surface area contributed by atoms with Crippen LogP contribution in [0.5, 0.6) is 0 Å². The van der Waals surface area contributed by atoms with Crippen molar-refractivity contribution in [3.8, 4) is 0 Å². The molecule has 0 heterocycles. The van der Waals surface area contributed by atoms with Crippen molar-refractivity contribution in [1.82, 2.24) is 5.32 Å². The van der Waals surface area contributed by atoms with Crippen LogP contribution in [0, 0.1) is 17.8 Å². The molecule has 2 aliphatic carbocycles. The van der Waals surface area contributed by atoms with Gasteiger partial charge in [0.15, 0.2) is 0 Å². The summed E-state index contributed by atoms with van der Waals surface area (Å²) in [6, 6.07) is 0. The van der Waals surface area contributed by atoms with Crippen molar-refractivity contribution in [2.24, 2.45) is 23.5 Å². The summed E-state index contributed by atoms with van der Waals surface area (Å²) >= 11 is 0. The Labute approximate surface area is 117 Å². The van der Waals surface area contributed by atoms with Crippen LogP contribution in [0.4, 0.5) is 0 Å². The van der Waals surface area contributed by atoms with Crippen LogP contribution in [0.1, 0.15) is 64.2 Å². The van der Waals surface area contributed by atoms with E-state index in [1.54, 1.807) is 0 Å². The Bertz CT molecular complexity index is 274. The molecule has 1 amide bonds. The monoisotopic (exact) mass is 266 g/mol. The Hall–Kier alpha value is -0.570. The summed E-state index contributed by atoms with van der Waals surface area (Å²) in [5, 5.41) is 3.15.